The fourth-order valence-electron chi connectivity index (χ4n) is 3.25. The zero-order chi connectivity index (χ0) is 17.2. The Labute approximate surface area is 139 Å². The number of rotatable bonds is 5. The lowest BCUT2D eigenvalue weighted by Crippen LogP contribution is -2.47. The molecule has 24 heavy (non-hydrogen) atoms. The van der Waals surface area contributed by atoms with Gasteiger partial charge in [0, 0.05) is 37.4 Å². The second kappa shape index (κ2) is 7.13. The van der Waals surface area contributed by atoms with E-state index in [1.54, 1.807) is 0 Å². The molecule has 8 heteroatoms. The van der Waals surface area contributed by atoms with E-state index in [4.69, 9.17) is 0 Å². The summed E-state index contributed by atoms with van der Waals surface area (Å²) < 4.78 is 38.8. The number of hydrogen-bond donors (Lipinski definition) is 1. The van der Waals surface area contributed by atoms with Crippen LogP contribution in [-0.4, -0.2) is 45.7 Å². The van der Waals surface area contributed by atoms with E-state index in [2.05, 4.69) is 15.2 Å². The van der Waals surface area contributed by atoms with Crippen LogP contribution >= 0.6 is 0 Å². The molecule has 2 heterocycles. The van der Waals surface area contributed by atoms with Gasteiger partial charge >= 0.3 is 6.18 Å². The van der Waals surface area contributed by atoms with Gasteiger partial charge in [0.05, 0.1) is 6.54 Å². The number of imidazole rings is 1. The molecule has 2 fully saturated rings. The molecule has 0 unspecified atom stereocenters. The van der Waals surface area contributed by atoms with Crippen LogP contribution in [0.1, 0.15) is 37.9 Å². The number of carbonyl (C=O) groups is 1. The molecule has 1 aromatic heterocycles. The van der Waals surface area contributed by atoms with Crippen molar-refractivity contribution in [3.05, 3.63) is 18.2 Å². The molecular weight excluding hydrogens is 321 g/mol. The molecular formula is C16H23F3N4O. The number of piperidine rings is 1. The molecule has 1 saturated carbocycles. The SMILES string of the molecule is O=C(NC1CCN(Cc2nccn2CC(F)(F)F)CC1)C1CCC1. The normalized spacial score (nSPS) is 20.8. The van der Waals surface area contributed by atoms with E-state index in [1.807, 2.05) is 0 Å². The monoisotopic (exact) mass is 344 g/mol. The van der Waals surface area contributed by atoms with Crippen LogP contribution in [0.3, 0.4) is 0 Å². The third kappa shape index (κ3) is 4.49. The summed E-state index contributed by atoms with van der Waals surface area (Å²) in [5, 5.41) is 3.11. The Morgan fingerprint density at radius 1 is 1.25 bits per heavy atom. The number of aromatic nitrogens is 2. The number of amides is 1. The number of alkyl halides is 3. The minimum Gasteiger partial charge on any atom is -0.353 e. The van der Waals surface area contributed by atoms with E-state index in [-0.39, 0.29) is 17.9 Å². The first kappa shape index (κ1) is 17.3. The van der Waals surface area contributed by atoms with Gasteiger partial charge in [0.1, 0.15) is 12.4 Å². The Bertz CT molecular complexity index is 560. The average molecular weight is 344 g/mol. The number of nitrogens with zero attached hydrogens (tertiary/aromatic N) is 3. The average Bonchev–Trinajstić information content (AvgIpc) is 2.84. The third-order valence-electron chi connectivity index (χ3n) is 4.93. The van der Waals surface area contributed by atoms with E-state index in [1.165, 1.54) is 12.4 Å². The molecule has 5 nitrogen and oxygen atoms in total. The lowest BCUT2D eigenvalue weighted by atomic mass is 9.84. The van der Waals surface area contributed by atoms with Crippen LogP contribution in [0, 0.1) is 5.92 Å². The van der Waals surface area contributed by atoms with Crippen LogP contribution in [0.25, 0.3) is 0 Å². The first-order valence-electron chi connectivity index (χ1n) is 8.50. The lowest BCUT2D eigenvalue weighted by molar-refractivity contribution is -0.141. The first-order chi connectivity index (χ1) is 11.4. The summed E-state index contributed by atoms with van der Waals surface area (Å²) >= 11 is 0. The van der Waals surface area contributed by atoms with E-state index < -0.39 is 12.7 Å². The molecule has 1 aliphatic carbocycles. The molecule has 1 aromatic rings. The van der Waals surface area contributed by atoms with E-state index in [9.17, 15) is 18.0 Å². The largest absolute Gasteiger partial charge is 0.406 e. The maximum Gasteiger partial charge on any atom is 0.406 e. The first-order valence-corrected chi connectivity index (χ1v) is 8.50. The van der Waals surface area contributed by atoms with Crippen molar-refractivity contribution in [1.82, 2.24) is 19.8 Å². The van der Waals surface area contributed by atoms with E-state index in [0.29, 0.717) is 12.4 Å². The predicted octanol–water partition coefficient (Wildman–Crippen LogP) is 2.33. The van der Waals surface area contributed by atoms with Gasteiger partial charge in [-0.25, -0.2) is 4.98 Å². The minimum atomic E-state index is -4.24. The van der Waals surface area contributed by atoms with Gasteiger partial charge in [-0.15, -0.1) is 0 Å². The molecule has 1 amide bonds. The maximum absolute atomic E-state index is 12.5. The Hall–Kier alpha value is -1.57. The van der Waals surface area contributed by atoms with Crippen LogP contribution in [0.2, 0.25) is 0 Å². The summed E-state index contributed by atoms with van der Waals surface area (Å²) in [4.78, 5) is 18.1. The summed E-state index contributed by atoms with van der Waals surface area (Å²) in [7, 11) is 0. The van der Waals surface area contributed by atoms with Crippen molar-refractivity contribution in [2.45, 2.75) is 57.4 Å². The standard InChI is InChI=1S/C16H23F3N4O/c17-16(18,19)11-23-9-6-20-14(23)10-22-7-4-13(5-8-22)21-15(24)12-2-1-3-12/h6,9,12-13H,1-5,7-8,10-11H2,(H,21,24). The van der Waals surface area contributed by atoms with Gasteiger partial charge in [-0.2, -0.15) is 13.2 Å². The second-order valence-electron chi connectivity index (χ2n) is 6.77. The van der Waals surface area contributed by atoms with E-state index in [0.717, 1.165) is 49.8 Å². The van der Waals surface area contributed by atoms with Crippen molar-refractivity contribution in [3.8, 4) is 0 Å². The van der Waals surface area contributed by atoms with Gasteiger partial charge in [-0.05, 0) is 25.7 Å². The Morgan fingerprint density at radius 3 is 2.54 bits per heavy atom. The molecule has 1 N–H and O–H groups in total. The number of halogens is 3. The molecule has 0 spiro atoms. The highest BCUT2D eigenvalue weighted by Crippen LogP contribution is 2.27. The number of hydrogen-bond acceptors (Lipinski definition) is 3. The second-order valence-corrected chi connectivity index (χ2v) is 6.77. The highest BCUT2D eigenvalue weighted by atomic mass is 19.4. The Kier molecular flexibility index (Phi) is 5.12. The highest BCUT2D eigenvalue weighted by molar-refractivity contribution is 5.79. The summed E-state index contributed by atoms with van der Waals surface area (Å²) in [6, 6.07) is 0.185. The molecule has 1 saturated heterocycles. The molecule has 0 radical (unpaired) electrons. The van der Waals surface area contributed by atoms with E-state index >= 15 is 0 Å². The Morgan fingerprint density at radius 2 is 1.96 bits per heavy atom. The van der Waals surface area contributed by atoms with Crippen LogP contribution in [0.4, 0.5) is 13.2 Å². The molecule has 134 valence electrons. The topological polar surface area (TPSA) is 50.2 Å². The molecule has 0 aromatic carbocycles. The van der Waals surface area contributed by atoms with Gasteiger partial charge < -0.3 is 9.88 Å². The zero-order valence-corrected chi connectivity index (χ0v) is 13.6. The fraction of sp³-hybridized carbons (Fsp3) is 0.750. The van der Waals surface area contributed by atoms with Gasteiger partial charge in [-0.3, -0.25) is 9.69 Å². The number of likely N-dealkylation sites (tertiary alicyclic amines) is 1. The molecule has 0 atom stereocenters. The van der Waals surface area contributed by atoms with Crippen molar-refractivity contribution in [2.75, 3.05) is 13.1 Å². The minimum absolute atomic E-state index is 0.167. The lowest BCUT2D eigenvalue weighted by Gasteiger charge is -2.34. The molecule has 2 aliphatic rings. The summed E-state index contributed by atoms with van der Waals surface area (Å²) in [5.74, 6) is 0.794. The van der Waals surface area contributed by atoms with Crippen molar-refractivity contribution < 1.29 is 18.0 Å². The van der Waals surface area contributed by atoms with Gasteiger partial charge in [0.15, 0.2) is 0 Å². The molecule has 3 rings (SSSR count). The predicted molar refractivity (Wildman–Crippen MR) is 82.1 cm³/mol. The van der Waals surface area contributed by atoms with Crippen molar-refractivity contribution in [1.29, 1.82) is 0 Å². The number of nitrogens with one attached hydrogen (secondary N) is 1. The van der Waals surface area contributed by atoms with Gasteiger partial charge in [0.2, 0.25) is 5.91 Å². The summed E-state index contributed by atoms with van der Waals surface area (Å²) in [5.41, 5.74) is 0. The third-order valence-corrected chi connectivity index (χ3v) is 4.93. The van der Waals surface area contributed by atoms with Crippen molar-refractivity contribution in [2.24, 2.45) is 5.92 Å². The summed E-state index contributed by atoms with van der Waals surface area (Å²) in [6.07, 6.45) is 3.33. The van der Waals surface area contributed by atoms with Crippen LogP contribution in [0.15, 0.2) is 12.4 Å². The summed E-state index contributed by atoms with van der Waals surface area (Å²) in [6.45, 7) is 0.922. The highest BCUT2D eigenvalue weighted by Gasteiger charge is 2.30. The Balaban J connectivity index is 1.45. The van der Waals surface area contributed by atoms with Gasteiger partial charge in [-0.1, -0.05) is 6.42 Å². The van der Waals surface area contributed by atoms with Crippen molar-refractivity contribution in [3.63, 3.8) is 0 Å². The quantitative estimate of drug-likeness (QED) is 0.892. The zero-order valence-electron chi connectivity index (χ0n) is 13.6. The molecule has 0 bridgehead atoms. The van der Waals surface area contributed by atoms with Crippen LogP contribution in [-0.2, 0) is 17.9 Å². The maximum atomic E-state index is 12.5. The van der Waals surface area contributed by atoms with Crippen molar-refractivity contribution >= 4 is 5.91 Å². The fourth-order valence-corrected chi connectivity index (χ4v) is 3.25. The number of carbonyl (C=O) groups excluding carboxylic acids is 1. The van der Waals surface area contributed by atoms with Crippen LogP contribution in [0.5, 0.6) is 0 Å². The van der Waals surface area contributed by atoms with Gasteiger partial charge in [0.25, 0.3) is 0 Å². The smallest absolute Gasteiger partial charge is 0.353 e. The molecule has 1 aliphatic heterocycles. The van der Waals surface area contributed by atoms with Crippen LogP contribution < -0.4 is 5.32 Å².